The summed E-state index contributed by atoms with van der Waals surface area (Å²) in [6.45, 7) is 6.72. The van der Waals surface area contributed by atoms with Crippen molar-refractivity contribution >= 4 is 10.0 Å². The number of sulfonamides is 1. The fourth-order valence-corrected chi connectivity index (χ4v) is 2.89. The van der Waals surface area contributed by atoms with E-state index in [4.69, 9.17) is 0 Å². The molecule has 1 unspecified atom stereocenters. The first-order valence-electron chi connectivity index (χ1n) is 5.18. The highest BCUT2D eigenvalue weighted by Gasteiger charge is 2.34. The van der Waals surface area contributed by atoms with Gasteiger partial charge in [-0.1, -0.05) is 20.8 Å². The summed E-state index contributed by atoms with van der Waals surface area (Å²) >= 11 is 0. The lowest BCUT2D eigenvalue weighted by atomic mass is 9.68. The Kier molecular flexibility index (Phi) is 3.26. The van der Waals surface area contributed by atoms with Gasteiger partial charge in [-0.3, -0.25) is 0 Å². The molecule has 0 aromatic carbocycles. The molecule has 0 bridgehead atoms. The van der Waals surface area contributed by atoms with Crippen molar-refractivity contribution in [2.45, 2.75) is 46.1 Å². The van der Waals surface area contributed by atoms with Crippen LogP contribution >= 0.6 is 0 Å². The van der Waals surface area contributed by atoms with Crippen molar-refractivity contribution in [1.29, 1.82) is 0 Å². The maximum Gasteiger partial charge on any atom is 0.208 e. The maximum absolute atomic E-state index is 11.1. The van der Waals surface area contributed by atoms with Crippen molar-refractivity contribution in [1.82, 2.24) is 4.72 Å². The Balaban J connectivity index is 2.56. The van der Waals surface area contributed by atoms with Crippen molar-refractivity contribution in [3.05, 3.63) is 0 Å². The van der Waals surface area contributed by atoms with E-state index >= 15 is 0 Å². The molecule has 2 atom stereocenters. The minimum absolute atomic E-state index is 0.146. The molecular formula is C10H21NO2S. The Morgan fingerprint density at radius 2 is 1.93 bits per heavy atom. The van der Waals surface area contributed by atoms with Crippen molar-refractivity contribution in [2.75, 3.05) is 6.26 Å². The summed E-state index contributed by atoms with van der Waals surface area (Å²) in [5, 5.41) is 0. The summed E-state index contributed by atoms with van der Waals surface area (Å²) in [7, 11) is -3.03. The van der Waals surface area contributed by atoms with Crippen LogP contribution in [-0.4, -0.2) is 20.7 Å². The highest BCUT2D eigenvalue weighted by molar-refractivity contribution is 7.88. The molecule has 0 aromatic rings. The predicted octanol–water partition coefficient (Wildman–Crippen LogP) is 1.75. The van der Waals surface area contributed by atoms with E-state index in [2.05, 4.69) is 25.5 Å². The second kappa shape index (κ2) is 3.81. The molecule has 1 N–H and O–H groups in total. The molecule has 0 saturated heterocycles. The molecule has 1 saturated carbocycles. The smallest absolute Gasteiger partial charge is 0.208 e. The van der Waals surface area contributed by atoms with E-state index in [1.165, 1.54) is 6.26 Å². The van der Waals surface area contributed by atoms with Crippen LogP contribution < -0.4 is 4.72 Å². The molecule has 0 heterocycles. The van der Waals surface area contributed by atoms with E-state index in [0.717, 1.165) is 19.3 Å². The van der Waals surface area contributed by atoms with Crippen molar-refractivity contribution in [2.24, 2.45) is 11.3 Å². The van der Waals surface area contributed by atoms with E-state index in [-0.39, 0.29) is 6.04 Å². The fraction of sp³-hybridized carbons (Fsp3) is 1.00. The lowest BCUT2D eigenvalue weighted by molar-refractivity contribution is 0.134. The molecule has 0 amide bonds. The van der Waals surface area contributed by atoms with Gasteiger partial charge in [-0.15, -0.1) is 0 Å². The Bertz CT molecular complexity index is 295. The Morgan fingerprint density at radius 1 is 1.36 bits per heavy atom. The lowest BCUT2D eigenvalue weighted by Gasteiger charge is -2.40. The zero-order valence-electron chi connectivity index (χ0n) is 9.50. The fourth-order valence-electron chi connectivity index (χ4n) is 2.07. The number of hydrogen-bond acceptors (Lipinski definition) is 2. The van der Waals surface area contributed by atoms with Crippen LogP contribution in [0.5, 0.6) is 0 Å². The Labute approximate surface area is 87.3 Å². The first-order chi connectivity index (χ1) is 6.21. The third-order valence-corrected chi connectivity index (χ3v) is 4.25. The Morgan fingerprint density at radius 3 is 2.36 bits per heavy atom. The van der Waals surface area contributed by atoms with Crippen LogP contribution in [-0.2, 0) is 10.0 Å². The van der Waals surface area contributed by atoms with Gasteiger partial charge in [0.25, 0.3) is 0 Å². The summed E-state index contributed by atoms with van der Waals surface area (Å²) in [5.41, 5.74) is 0.357. The number of rotatable bonds is 2. The first-order valence-corrected chi connectivity index (χ1v) is 7.07. The second-order valence-corrected chi connectivity index (χ2v) is 7.03. The van der Waals surface area contributed by atoms with Crippen molar-refractivity contribution in [3.8, 4) is 0 Å². The molecule has 0 radical (unpaired) electrons. The van der Waals surface area contributed by atoms with Gasteiger partial charge in [0.2, 0.25) is 10.0 Å². The van der Waals surface area contributed by atoms with Gasteiger partial charge in [0, 0.05) is 6.04 Å². The van der Waals surface area contributed by atoms with E-state index in [0.29, 0.717) is 11.3 Å². The SMILES string of the molecule is CC1C[C@@H](NS(C)(=O)=O)CCC1(C)C. The first kappa shape index (κ1) is 12.0. The maximum atomic E-state index is 11.1. The normalized spacial score (nSPS) is 32.9. The van der Waals surface area contributed by atoms with Crippen LogP contribution in [0.15, 0.2) is 0 Å². The summed E-state index contributed by atoms with van der Waals surface area (Å²) in [6.07, 6.45) is 4.25. The minimum Gasteiger partial charge on any atom is -0.213 e. The average molecular weight is 219 g/mol. The second-order valence-electron chi connectivity index (χ2n) is 5.25. The molecule has 1 fully saturated rings. The molecule has 0 aliphatic heterocycles. The molecule has 0 spiro atoms. The third kappa shape index (κ3) is 3.24. The van der Waals surface area contributed by atoms with Gasteiger partial charge in [-0.05, 0) is 30.6 Å². The molecule has 84 valence electrons. The highest BCUT2D eigenvalue weighted by Crippen LogP contribution is 2.40. The standard InChI is InChI=1S/C10H21NO2S/c1-8-7-9(11-14(4,12)13)5-6-10(8,2)3/h8-9,11H,5-7H2,1-4H3/t8?,9-/m0/s1. The molecule has 1 aliphatic carbocycles. The molecule has 0 aromatic heterocycles. The zero-order chi connectivity index (χ0) is 11.0. The lowest BCUT2D eigenvalue weighted by Crippen LogP contribution is -2.42. The summed E-state index contributed by atoms with van der Waals surface area (Å²) < 4.78 is 24.8. The number of hydrogen-bond donors (Lipinski definition) is 1. The molecule has 14 heavy (non-hydrogen) atoms. The monoisotopic (exact) mass is 219 g/mol. The largest absolute Gasteiger partial charge is 0.213 e. The van der Waals surface area contributed by atoms with Crippen LogP contribution in [0.2, 0.25) is 0 Å². The van der Waals surface area contributed by atoms with E-state index in [1.54, 1.807) is 0 Å². The molecule has 4 heteroatoms. The summed E-state index contributed by atoms with van der Waals surface area (Å²) in [5.74, 6) is 0.579. The van der Waals surface area contributed by atoms with Crippen LogP contribution in [0.25, 0.3) is 0 Å². The minimum atomic E-state index is -3.03. The van der Waals surface area contributed by atoms with Gasteiger partial charge >= 0.3 is 0 Å². The molecule has 1 rings (SSSR count). The Hall–Kier alpha value is -0.0900. The molecule has 3 nitrogen and oxygen atoms in total. The quantitative estimate of drug-likeness (QED) is 0.769. The predicted molar refractivity (Wildman–Crippen MR) is 58.6 cm³/mol. The molecule has 1 aliphatic rings. The highest BCUT2D eigenvalue weighted by atomic mass is 32.2. The van der Waals surface area contributed by atoms with Gasteiger partial charge in [-0.2, -0.15) is 0 Å². The summed E-state index contributed by atoms with van der Waals surface area (Å²) in [6, 6.07) is 0.146. The summed E-state index contributed by atoms with van der Waals surface area (Å²) in [4.78, 5) is 0. The van der Waals surface area contributed by atoms with Gasteiger partial charge < -0.3 is 0 Å². The van der Waals surface area contributed by atoms with Crippen LogP contribution in [0.1, 0.15) is 40.0 Å². The van der Waals surface area contributed by atoms with Crippen LogP contribution in [0.4, 0.5) is 0 Å². The van der Waals surface area contributed by atoms with Gasteiger partial charge in [-0.25, -0.2) is 13.1 Å². The van der Waals surface area contributed by atoms with Gasteiger partial charge in [0.1, 0.15) is 0 Å². The van der Waals surface area contributed by atoms with Crippen LogP contribution in [0, 0.1) is 11.3 Å². The molecular weight excluding hydrogens is 198 g/mol. The average Bonchev–Trinajstić information content (AvgIpc) is 1.95. The van der Waals surface area contributed by atoms with Crippen molar-refractivity contribution in [3.63, 3.8) is 0 Å². The third-order valence-electron chi connectivity index (χ3n) is 3.49. The van der Waals surface area contributed by atoms with Gasteiger partial charge in [0.05, 0.1) is 6.26 Å². The van der Waals surface area contributed by atoms with E-state index < -0.39 is 10.0 Å². The van der Waals surface area contributed by atoms with Crippen molar-refractivity contribution < 1.29 is 8.42 Å². The number of nitrogens with one attached hydrogen (secondary N) is 1. The topological polar surface area (TPSA) is 46.2 Å². The van der Waals surface area contributed by atoms with E-state index in [1.807, 2.05) is 0 Å². The van der Waals surface area contributed by atoms with Crippen LogP contribution in [0.3, 0.4) is 0 Å². The van der Waals surface area contributed by atoms with E-state index in [9.17, 15) is 8.42 Å². The zero-order valence-corrected chi connectivity index (χ0v) is 10.3. The van der Waals surface area contributed by atoms with Gasteiger partial charge in [0.15, 0.2) is 0 Å².